The summed E-state index contributed by atoms with van der Waals surface area (Å²) in [5, 5.41) is 9.18. The van der Waals surface area contributed by atoms with Crippen LogP contribution in [-0.2, 0) is 4.74 Å². The van der Waals surface area contributed by atoms with E-state index in [9.17, 15) is 5.26 Å². The Hall–Kier alpha value is -1.05. The largest absolute Gasteiger partial charge is 0.381 e. The van der Waals surface area contributed by atoms with Crippen LogP contribution in [0.2, 0.25) is 0 Å². The highest BCUT2D eigenvalue weighted by atomic mass is 79.9. The Balaban J connectivity index is 2.08. The van der Waals surface area contributed by atoms with E-state index in [0.717, 1.165) is 36.3 Å². The first-order valence-electron chi connectivity index (χ1n) is 6.19. The molecule has 96 valence electrons. The number of hydrogen-bond donors (Lipinski definition) is 0. The molecule has 1 saturated heterocycles. The first kappa shape index (κ1) is 13.4. The fourth-order valence-corrected chi connectivity index (χ4v) is 2.73. The summed E-state index contributed by atoms with van der Waals surface area (Å²) < 4.78 is 6.44. The molecule has 1 aromatic carbocycles. The van der Waals surface area contributed by atoms with Gasteiger partial charge < -0.3 is 9.64 Å². The highest BCUT2D eigenvalue weighted by molar-refractivity contribution is 9.10. The maximum atomic E-state index is 9.18. The number of benzene rings is 1. The Morgan fingerprint density at radius 3 is 3.06 bits per heavy atom. The van der Waals surface area contributed by atoms with Crippen LogP contribution in [0.1, 0.15) is 18.4 Å². The Morgan fingerprint density at radius 2 is 2.39 bits per heavy atom. The Kier molecular flexibility index (Phi) is 4.62. The van der Waals surface area contributed by atoms with Crippen molar-refractivity contribution in [2.24, 2.45) is 5.92 Å². The second-order valence-corrected chi connectivity index (χ2v) is 5.65. The summed E-state index contributed by atoms with van der Waals surface area (Å²) in [6.07, 6.45) is 2.35. The summed E-state index contributed by atoms with van der Waals surface area (Å²) in [6.45, 7) is 2.67. The molecule has 0 aromatic heterocycles. The molecule has 1 unspecified atom stereocenters. The van der Waals surface area contributed by atoms with E-state index in [0.29, 0.717) is 11.5 Å². The molecule has 0 saturated carbocycles. The van der Waals surface area contributed by atoms with Crippen molar-refractivity contribution in [3.05, 3.63) is 28.2 Å². The van der Waals surface area contributed by atoms with Gasteiger partial charge in [0.15, 0.2) is 0 Å². The summed E-state index contributed by atoms with van der Waals surface area (Å²) in [5.74, 6) is 0.568. The first-order valence-corrected chi connectivity index (χ1v) is 6.98. The van der Waals surface area contributed by atoms with Crippen molar-refractivity contribution in [3.8, 4) is 6.07 Å². The maximum Gasteiger partial charge on any atom is 0.101 e. The smallest absolute Gasteiger partial charge is 0.101 e. The summed E-state index contributed by atoms with van der Waals surface area (Å²) >= 11 is 3.40. The zero-order valence-corrected chi connectivity index (χ0v) is 12.1. The standard InChI is InChI=1S/C14H17BrN2O/c1-17(9-11-3-2-6-18-10-11)14-5-4-13(15)7-12(14)8-16/h4-5,7,11H,2-3,6,9-10H2,1H3. The molecule has 4 heteroatoms. The van der Waals surface area contributed by atoms with Gasteiger partial charge in [-0.25, -0.2) is 0 Å². The molecule has 0 bridgehead atoms. The topological polar surface area (TPSA) is 36.3 Å². The number of ether oxygens (including phenoxy) is 1. The molecule has 1 atom stereocenters. The van der Waals surface area contributed by atoms with Gasteiger partial charge in [0.1, 0.15) is 6.07 Å². The number of rotatable bonds is 3. The number of halogens is 1. The minimum Gasteiger partial charge on any atom is -0.381 e. The molecule has 0 aliphatic carbocycles. The van der Waals surface area contributed by atoms with E-state index in [1.54, 1.807) is 0 Å². The van der Waals surface area contributed by atoms with E-state index in [2.05, 4.69) is 26.9 Å². The molecule has 1 aliphatic rings. The lowest BCUT2D eigenvalue weighted by Gasteiger charge is -2.28. The molecule has 18 heavy (non-hydrogen) atoms. The van der Waals surface area contributed by atoms with Gasteiger partial charge in [-0.3, -0.25) is 0 Å². The molecule has 2 rings (SSSR count). The third-order valence-electron chi connectivity index (χ3n) is 3.28. The lowest BCUT2D eigenvalue weighted by molar-refractivity contribution is 0.0576. The van der Waals surface area contributed by atoms with Gasteiger partial charge in [0, 0.05) is 24.7 Å². The van der Waals surface area contributed by atoms with Gasteiger partial charge in [0.2, 0.25) is 0 Å². The second kappa shape index (κ2) is 6.21. The lowest BCUT2D eigenvalue weighted by atomic mass is 10.0. The van der Waals surface area contributed by atoms with Crippen molar-refractivity contribution in [2.45, 2.75) is 12.8 Å². The predicted octanol–water partition coefficient (Wildman–Crippen LogP) is 3.18. The molecule has 1 heterocycles. The fourth-order valence-electron chi connectivity index (χ4n) is 2.37. The number of nitrogens with zero attached hydrogens (tertiary/aromatic N) is 2. The molecule has 0 radical (unpaired) electrons. The number of anilines is 1. The van der Waals surface area contributed by atoms with Crippen LogP contribution >= 0.6 is 15.9 Å². The highest BCUT2D eigenvalue weighted by Crippen LogP contribution is 2.25. The fraction of sp³-hybridized carbons (Fsp3) is 0.500. The van der Waals surface area contributed by atoms with Gasteiger partial charge >= 0.3 is 0 Å². The lowest BCUT2D eigenvalue weighted by Crippen LogP contribution is -2.31. The van der Waals surface area contributed by atoms with Crippen LogP contribution < -0.4 is 4.90 Å². The summed E-state index contributed by atoms with van der Waals surface area (Å²) in [5.41, 5.74) is 1.70. The molecule has 0 amide bonds. The number of nitriles is 1. The van der Waals surface area contributed by atoms with E-state index in [1.807, 2.05) is 25.2 Å². The van der Waals surface area contributed by atoms with Crippen LogP contribution in [0.15, 0.2) is 22.7 Å². The maximum absolute atomic E-state index is 9.18. The van der Waals surface area contributed by atoms with Crippen molar-refractivity contribution < 1.29 is 4.74 Å². The van der Waals surface area contributed by atoms with E-state index in [4.69, 9.17) is 4.74 Å². The SMILES string of the molecule is CN(CC1CCCOC1)c1ccc(Br)cc1C#N. The molecule has 1 aromatic rings. The van der Waals surface area contributed by atoms with Crippen LogP contribution in [-0.4, -0.2) is 26.8 Å². The normalized spacial score (nSPS) is 19.3. The van der Waals surface area contributed by atoms with Gasteiger partial charge in [0.25, 0.3) is 0 Å². The Morgan fingerprint density at radius 1 is 1.56 bits per heavy atom. The quantitative estimate of drug-likeness (QED) is 0.860. The molecule has 1 fully saturated rings. The molecular weight excluding hydrogens is 292 g/mol. The van der Waals surface area contributed by atoms with Crippen molar-refractivity contribution in [3.63, 3.8) is 0 Å². The second-order valence-electron chi connectivity index (χ2n) is 4.74. The van der Waals surface area contributed by atoms with Gasteiger partial charge in [-0.1, -0.05) is 15.9 Å². The van der Waals surface area contributed by atoms with Crippen molar-refractivity contribution >= 4 is 21.6 Å². The van der Waals surface area contributed by atoms with Crippen LogP contribution in [0, 0.1) is 17.2 Å². The average Bonchev–Trinajstić information content (AvgIpc) is 2.39. The van der Waals surface area contributed by atoms with E-state index < -0.39 is 0 Å². The molecule has 0 N–H and O–H groups in total. The van der Waals surface area contributed by atoms with Gasteiger partial charge in [-0.15, -0.1) is 0 Å². The first-order chi connectivity index (χ1) is 8.70. The minimum atomic E-state index is 0.568. The van der Waals surface area contributed by atoms with Crippen molar-refractivity contribution in [1.29, 1.82) is 5.26 Å². The third-order valence-corrected chi connectivity index (χ3v) is 3.77. The van der Waals surface area contributed by atoms with Crippen LogP contribution in [0.3, 0.4) is 0 Å². The summed E-state index contributed by atoms with van der Waals surface area (Å²) in [6, 6.07) is 8.08. The van der Waals surface area contributed by atoms with Crippen molar-refractivity contribution in [1.82, 2.24) is 0 Å². The molecular formula is C14H17BrN2O. The zero-order chi connectivity index (χ0) is 13.0. The summed E-state index contributed by atoms with van der Waals surface area (Å²) in [4.78, 5) is 2.16. The van der Waals surface area contributed by atoms with Gasteiger partial charge in [-0.05, 0) is 37.0 Å². The third kappa shape index (κ3) is 3.24. The Labute approximate surface area is 116 Å². The van der Waals surface area contributed by atoms with Crippen molar-refractivity contribution in [2.75, 3.05) is 31.7 Å². The minimum absolute atomic E-state index is 0.568. The molecule has 1 aliphatic heterocycles. The van der Waals surface area contributed by atoms with Gasteiger partial charge in [-0.2, -0.15) is 5.26 Å². The van der Waals surface area contributed by atoms with Crippen LogP contribution in [0.25, 0.3) is 0 Å². The molecule has 0 spiro atoms. The van der Waals surface area contributed by atoms with Gasteiger partial charge in [0.05, 0.1) is 17.9 Å². The highest BCUT2D eigenvalue weighted by Gasteiger charge is 2.17. The predicted molar refractivity (Wildman–Crippen MR) is 75.7 cm³/mol. The van der Waals surface area contributed by atoms with E-state index >= 15 is 0 Å². The zero-order valence-electron chi connectivity index (χ0n) is 10.5. The molecule has 3 nitrogen and oxygen atoms in total. The summed E-state index contributed by atoms with van der Waals surface area (Å²) in [7, 11) is 2.04. The van der Waals surface area contributed by atoms with Crippen LogP contribution in [0.5, 0.6) is 0 Å². The van der Waals surface area contributed by atoms with E-state index in [-0.39, 0.29) is 0 Å². The Bertz CT molecular complexity index is 450. The average molecular weight is 309 g/mol. The monoisotopic (exact) mass is 308 g/mol. The van der Waals surface area contributed by atoms with Crippen LogP contribution in [0.4, 0.5) is 5.69 Å². The van der Waals surface area contributed by atoms with E-state index in [1.165, 1.54) is 6.42 Å². The number of hydrogen-bond acceptors (Lipinski definition) is 3.